The summed E-state index contributed by atoms with van der Waals surface area (Å²) in [6, 6.07) is 16.5. The Balaban J connectivity index is 1.23. The first-order valence-corrected chi connectivity index (χ1v) is 10.3. The van der Waals surface area contributed by atoms with Gasteiger partial charge in [-0.2, -0.15) is 0 Å². The van der Waals surface area contributed by atoms with E-state index in [1.54, 1.807) is 0 Å². The highest BCUT2D eigenvalue weighted by Crippen LogP contribution is 2.28. The topological polar surface area (TPSA) is 60.6 Å². The van der Waals surface area contributed by atoms with Gasteiger partial charge >= 0.3 is 0 Å². The molecular weight excluding hydrogens is 366 g/mol. The van der Waals surface area contributed by atoms with E-state index in [0.29, 0.717) is 18.4 Å². The van der Waals surface area contributed by atoms with E-state index in [1.807, 2.05) is 30.3 Å². The van der Waals surface area contributed by atoms with Gasteiger partial charge in [-0.15, -0.1) is 10.2 Å². The maximum Gasteiger partial charge on any atom is 0.247 e. The van der Waals surface area contributed by atoms with E-state index in [2.05, 4.69) is 33.3 Å². The predicted molar refractivity (Wildman–Crippen MR) is 109 cm³/mol. The second-order valence-corrected chi connectivity index (χ2v) is 7.58. The zero-order valence-corrected chi connectivity index (χ0v) is 16.4. The highest BCUT2D eigenvalue weighted by atomic mass is 16.5. The lowest BCUT2D eigenvalue weighted by molar-refractivity contribution is -0.0183. The van der Waals surface area contributed by atoms with Crippen molar-refractivity contribution in [3.63, 3.8) is 0 Å². The van der Waals surface area contributed by atoms with E-state index < -0.39 is 0 Å². The maximum absolute atomic E-state index is 6.00. The van der Waals surface area contributed by atoms with Crippen LogP contribution in [0.4, 0.5) is 0 Å². The molecule has 1 saturated heterocycles. The summed E-state index contributed by atoms with van der Waals surface area (Å²) in [7, 11) is 0. The van der Waals surface area contributed by atoms with E-state index in [1.165, 1.54) is 11.1 Å². The monoisotopic (exact) mass is 391 g/mol. The minimum Gasteiger partial charge on any atom is -0.493 e. The zero-order chi connectivity index (χ0) is 19.5. The van der Waals surface area contributed by atoms with Gasteiger partial charge < -0.3 is 13.9 Å². The number of hydrogen-bond acceptors (Lipinski definition) is 6. The number of aryl methyl sites for hydroxylation is 1. The average molecular weight is 391 g/mol. The first-order chi connectivity index (χ1) is 14.4. The quantitative estimate of drug-likeness (QED) is 0.639. The number of ether oxygens (including phenoxy) is 2. The van der Waals surface area contributed by atoms with Gasteiger partial charge in [0.25, 0.3) is 0 Å². The van der Waals surface area contributed by atoms with Crippen LogP contribution >= 0.6 is 0 Å². The second-order valence-electron chi connectivity index (χ2n) is 7.58. The Morgan fingerprint density at radius 1 is 1.03 bits per heavy atom. The van der Waals surface area contributed by atoms with Crippen molar-refractivity contribution in [3.8, 4) is 17.2 Å². The molecule has 6 nitrogen and oxygen atoms in total. The zero-order valence-electron chi connectivity index (χ0n) is 16.4. The lowest BCUT2D eigenvalue weighted by atomic mass is 10.0. The number of fused-ring (bicyclic) bond motifs is 1. The molecule has 0 spiro atoms. The molecule has 5 rings (SSSR count). The third kappa shape index (κ3) is 4.04. The minimum absolute atomic E-state index is 0.0159. The van der Waals surface area contributed by atoms with Gasteiger partial charge in [0.1, 0.15) is 11.8 Å². The van der Waals surface area contributed by atoms with Gasteiger partial charge in [-0.25, -0.2) is 0 Å². The molecule has 1 fully saturated rings. The number of rotatable bonds is 6. The van der Waals surface area contributed by atoms with Crippen molar-refractivity contribution in [1.29, 1.82) is 0 Å². The van der Waals surface area contributed by atoms with Crippen LogP contribution < -0.4 is 4.74 Å². The molecule has 0 N–H and O–H groups in total. The normalized spacial score (nSPS) is 19.1. The van der Waals surface area contributed by atoms with Crippen LogP contribution in [-0.4, -0.2) is 48.0 Å². The molecule has 3 heterocycles. The SMILES string of the molecule is c1ccc(-c2nnc([C@@H]3COCCN3CCCc3ccc4c(c3)CCO4)o2)cc1. The van der Waals surface area contributed by atoms with Crippen LogP contribution in [0.25, 0.3) is 11.5 Å². The summed E-state index contributed by atoms with van der Waals surface area (Å²) in [6.45, 7) is 4.00. The smallest absolute Gasteiger partial charge is 0.247 e. The van der Waals surface area contributed by atoms with Crippen molar-refractivity contribution in [2.75, 3.05) is 32.9 Å². The Hall–Kier alpha value is -2.70. The van der Waals surface area contributed by atoms with Crippen molar-refractivity contribution in [3.05, 3.63) is 65.5 Å². The van der Waals surface area contributed by atoms with Crippen LogP contribution in [0.15, 0.2) is 52.9 Å². The van der Waals surface area contributed by atoms with Crippen molar-refractivity contribution in [2.24, 2.45) is 0 Å². The molecule has 0 bridgehead atoms. The van der Waals surface area contributed by atoms with E-state index >= 15 is 0 Å². The first-order valence-electron chi connectivity index (χ1n) is 10.3. The molecule has 0 unspecified atom stereocenters. The summed E-state index contributed by atoms with van der Waals surface area (Å²) in [5, 5.41) is 8.57. The van der Waals surface area contributed by atoms with Crippen LogP contribution in [0.5, 0.6) is 5.75 Å². The van der Waals surface area contributed by atoms with Gasteiger partial charge in [-0.05, 0) is 48.7 Å². The van der Waals surface area contributed by atoms with Crippen LogP contribution in [0.2, 0.25) is 0 Å². The number of hydrogen-bond donors (Lipinski definition) is 0. The van der Waals surface area contributed by atoms with E-state index in [-0.39, 0.29) is 6.04 Å². The van der Waals surface area contributed by atoms with Gasteiger partial charge in [0.2, 0.25) is 11.8 Å². The highest BCUT2D eigenvalue weighted by molar-refractivity contribution is 5.51. The van der Waals surface area contributed by atoms with E-state index in [9.17, 15) is 0 Å². The summed E-state index contributed by atoms with van der Waals surface area (Å²) in [5.41, 5.74) is 3.66. The van der Waals surface area contributed by atoms with Crippen molar-refractivity contribution < 1.29 is 13.9 Å². The van der Waals surface area contributed by atoms with Gasteiger partial charge in [0, 0.05) is 18.5 Å². The second kappa shape index (κ2) is 8.35. The van der Waals surface area contributed by atoms with Crippen LogP contribution in [0.1, 0.15) is 29.5 Å². The lowest BCUT2D eigenvalue weighted by Crippen LogP contribution is -2.40. The average Bonchev–Trinajstić information content (AvgIpc) is 3.44. The molecule has 2 aliphatic rings. The van der Waals surface area contributed by atoms with Gasteiger partial charge in [0.05, 0.1) is 19.8 Å². The molecule has 0 aliphatic carbocycles. The van der Waals surface area contributed by atoms with Crippen LogP contribution in [-0.2, 0) is 17.6 Å². The third-order valence-corrected chi connectivity index (χ3v) is 5.65. The standard InChI is InChI=1S/C23H25N3O3/c1-2-6-18(7-3-1)22-24-25-23(29-22)20-16-27-14-12-26(20)11-4-5-17-8-9-21-19(15-17)10-13-28-21/h1-3,6-9,15,20H,4-5,10-14,16H2/t20-/m0/s1. The van der Waals surface area contributed by atoms with E-state index in [0.717, 1.165) is 56.9 Å². The lowest BCUT2D eigenvalue weighted by Gasteiger charge is -2.33. The Morgan fingerprint density at radius 2 is 1.97 bits per heavy atom. The third-order valence-electron chi connectivity index (χ3n) is 5.65. The summed E-state index contributed by atoms with van der Waals surface area (Å²) < 4.78 is 17.3. The van der Waals surface area contributed by atoms with Gasteiger partial charge in [0.15, 0.2) is 0 Å². The molecule has 0 radical (unpaired) electrons. The van der Waals surface area contributed by atoms with Gasteiger partial charge in [-0.1, -0.05) is 30.3 Å². The van der Waals surface area contributed by atoms with E-state index in [4.69, 9.17) is 13.9 Å². The fourth-order valence-corrected chi connectivity index (χ4v) is 4.08. The molecule has 0 saturated carbocycles. The predicted octanol–water partition coefficient (Wildman–Crippen LogP) is 3.68. The van der Waals surface area contributed by atoms with Crippen molar-refractivity contribution in [1.82, 2.24) is 15.1 Å². The Morgan fingerprint density at radius 3 is 2.90 bits per heavy atom. The molecule has 29 heavy (non-hydrogen) atoms. The molecule has 2 aromatic carbocycles. The molecule has 3 aromatic rings. The molecule has 150 valence electrons. The molecule has 2 aliphatic heterocycles. The number of aromatic nitrogens is 2. The molecule has 1 aromatic heterocycles. The van der Waals surface area contributed by atoms with Crippen molar-refractivity contribution >= 4 is 0 Å². The fraction of sp³-hybridized carbons (Fsp3) is 0.391. The van der Waals surface area contributed by atoms with Crippen molar-refractivity contribution in [2.45, 2.75) is 25.3 Å². The number of benzene rings is 2. The first kappa shape index (κ1) is 18.3. The van der Waals surface area contributed by atoms with Crippen LogP contribution in [0.3, 0.4) is 0 Å². The Labute approximate surface area is 170 Å². The molecular formula is C23H25N3O3. The minimum atomic E-state index is 0.0159. The summed E-state index contributed by atoms with van der Waals surface area (Å²) in [4.78, 5) is 2.41. The largest absolute Gasteiger partial charge is 0.493 e. The van der Waals surface area contributed by atoms with Crippen LogP contribution in [0, 0.1) is 0 Å². The molecule has 1 atom stereocenters. The molecule has 6 heteroatoms. The molecule has 0 amide bonds. The van der Waals surface area contributed by atoms with Gasteiger partial charge in [-0.3, -0.25) is 4.90 Å². The number of nitrogens with zero attached hydrogens (tertiary/aromatic N) is 3. The fourth-order valence-electron chi connectivity index (χ4n) is 4.08. The maximum atomic E-state index is 6.00. The Kier molecular flexibility index (Phi) is 5.28. The number of morpholine rings is 1. The summed E-state index contributed by atoms with van der Waals surface area (Å²) in [5.74, 6) is 2.25. The Bertz CT molecular complexity index is 957. The summed E-state index contributed by atoms with van der Waals surface area (Å²) >= 11 is 0. The summed E-state index contributed by atoms with van der Waals surface area (Å²) in [6.07, 6.45) is 3.15. The highest BCUT2D eigenvalue weighted by Gasteiger charge is 2.29.